The van der Waals surface area contributed by atoms with E-state index in [4.69, 9.17) is 0 Å². The lowest BCUT2D eigenvalue weighted by Gasteiger charge is -2.13. The Hall–Kier alpha value is -0.980. The summed E-state index contributed by atoms with van der Waals surface area (Å²) in [6.07, 6.45) is 3.77. The van der Waals surface area contributed by atoms with Gasteiger partial charge in [0, 0.05) is 0 Å². The van der Waals surface area contributed by atoms with Gasteiger partial charge in [-0.25, -0.2) is 0 Å². The van der Waals surface area contributed by atoms with E-state index in [1.807, 2.05) is 19.1 Å². The highest BCUT2D eigenvalue weighted by Gasteiger charge is 2.07. The first-order valence-electron chi connectivity index (χ1n) is 6.30. The minimum atomic E-state index is 0.424. The molecule has 1 aromatic carbocycles. The molecule has 0 aromatic heterocycles. The van der Waals surface area contributed by atoms with Crippen LogP contribution in [0.5, 0.6) is 5.75 Å². The lowest BCUT2D eigenvalue weighted by molar-refractivity contribution is 0.468. The Morgan fingerprint density at radius 1 is 1.12 bits per heavy atom. The smallest absolute Gasteiger partial charge is 0.118 e. The Morgan fingerprint density at radius 2 is 1.81 bits per heavy atom. The van der Waals surface area contributed by atoms with Crippen LogP contribution in [0, 0.1) is 12.8 Å². The van der Waals surface area contributed by atoms with Crippen molar-refractivity contribution in [2.75, 3.05) is 0 Å². The van der Waals surface area contributed by atoms with Gasteiger partial charge in [-0.3, -0.25) is 0 Å². The Kier molecular flexibility index (Phi) is 4.85. The van der Waals surface area contributed by atoms with Crippen molar-refractivity contribution < 1.29 is 5.11 Å². The summed E-state index contributed by atoms with van der Waals surface area (Å²) in [7, 11) is 0. The van der Waals surface area contributed by atoms with Crippen LogP contribution in [0.3, 0.4) is 0 Å². The number of rotatable bonds is 5. The number of phenols is 1. The van der Waals surface area contributed by atoms with Crippen molar-refractivity contribution in [2.24, 2.45) is 5.92 Å². The molecule has 0 heterocycles. The third-order valence-corrected chi connectivity index (χ3v) is 3.22. The molecule has 1 rings (SSSR count). The van der Waals surface area contributed by atoms with Crippen LogP contribution in [0.4, 0.5) is 0 Å². The molecule has 1 atom stereocenters. The second-order valence-corrected chi connectivity index (χ2v) is 5.27. The second kappa shape index (κ2) is 5.93. The summed E-state index contributed by atoms with van der Waals surface area (Å²) in [5.41, 5.74) is 2.21. The van der Waals surface area contributed by atoms with Gasteiger partial charge in [0.25, 0.3) is 0 Å². The van der Waals surface area contributed by atoms with Gasteiger partial charge in [-0.1, -0.05) is 45.7 Å². The molecule has 0 spiro atoms. The number of hydrogen-bond donors (Lipinski definition) is 1. The second-order valence-electron chi connectivity index (χ2n) is 5.27. The molecule has 0 aliphatic rings. The zero-order valence-corrected chi connectivity index (χ0v) is 11.0. The highest BCUT2D eigenvalue weighted by molar-refractivity contribution is 5.36. The van der Waals surface area contributed by atoms with Gasteiger partial charge in [0.2, 0.25) is 0 Å². The SMILES string of the molecule is Cc1ccc([C@H](C)CCCC(C)C)cc1O. The minimum Gasteiger partial charge on any atom is -0.508 e. The molecule has 1 N–H and O–H groups in total. The molecular weight excluding hydrogens is 196 g/mol. The molecule has 16 heavy (non-hydrogen) atoms. The summed E-state index contributed by atoms with van der Waals surface area (Å²) in [5.74, 6) is 1.76. The topological polar surface area (TPSA) is 20.2 Å². The van der Waals surface area contributed by atoms with Gasteiger partial charge in [-0.15, -0.1) is 0 Å². The van der Waals surface area contributed by atoms with Gasteiger partial charge >= 0.3 is 0 Å². The van der Waals surface area contributed by atoms with E-state index in [-0.39, 0.29) is 0 Å². The maximum atomic E-state index is 9.66. The number of benzene rings is 1. The number of phenolic OH excluding ortho intramolecular Hbond substituents is 1. The van der Waals surface area contributed by atoms with E-state index in [0.717, 1.165) is 11.5 Å². The number of aromatic hydroxyl groups is 1. The Bertz CT molecular complexity index is 328. The van der Waals surface area contributed by atoms with Crippen molar-refractivity contribution in [3.8, 4) is 5.75 Å². The average molecular weight is 220 g/mol. The molecule has 0 saturated heterocycles. The van der Waals surface area contributed by atoms with Crippen LogP contribution in [-0.4, -0.2) is 5.11 Å². The van der Waals surface area contributed by atoms with Crippen molar-refractivity contribution in [3.63, 3.8) is 0 Å². The van der Waals surface area contributed by atoms with E-state index in [0.29, 0.717) is 11.7 Å². The lowest BCUT2D eigenvalue weighted by Crippen LogP contribution is -1.96. The quantitative estimate of drug-likeness (QED) is 0.767. The first-order chi connectivity index (χ1) is 7.50. The van der Waals surface area contributed by atoms with Crippen LogP contribution in [0.25, 0.3) is 0 Å². The van der Waals surface area contributed by atoms with E-state index in [2.05, 4.69) is 26.8 Å². The summed E-state index contributed by atoms with van der Waals surface area (Å²) >= 11 is 0. The first-order valence-corrected chi connectivity index (χ1v) is 6.30. The molecule has 0 amide bonds. The lowest BCUT2D eigenvalue weighted by atomic mass is 9.93. The van der Waals surface area contributed by atoms with Gasteiger partial charge in [-0.05, 0) is 42.4 Å². The largest absolute Gasteiger partial charge is 0.508 e. The van der Waals surface area contributed by atoms with Crippen LogP contribution in [0.15, 0.2) is 18.2 Å². The fourth-order valence-electron chi connectivity index (χ4n) is 1.93. The molecule has 1 heteroatoms. The normalized spacial score (nSPS) is 13.1. The van der Waals surface area contributed by atoms with Gasteiger partial charge in [-0.2, -0.15) is 0 Å². The highest BCUT2D eigenvalue weighted by atomic mass is 16.3. The maximum absolute atomic E-state index is 9.66. The summed E-state index contributed by atoms with van der Waals surface area (Å²) < 4.78 is 0. The molecule has 1 nitrogen and oxygen atoms in total. The minimum absolute atomic E-state index is 0.424. The van der Waals surface area contributed by atoms with Gasteiger partial charge in [0.1, 0.15) is 5.75 Å². The van der Waals surface area contributed by atoms with E-state index in [1.165, 1.54) is 24.8 Å². The zero-order valence-electron chi connectivity index (χ0n) is 11.0. The molecule has 0 bridgehead atoms. The summed E-state index contributed by atoms with van der Waals surface area (Å²) in [5, 5.41) is 9.66. The predicted octanol–water partition coefficient (Wildman–Crippen LogP) is 4.63. The van der Waals surface area contributed by atoms with E-state index in [9.17, 15) is 5.11 Å². The molecular formula is C15H24O. The van der Waals surface area contributed by atoms with Crippen LogP contribution in [0.2, 0.25) is 0 Å². The Labute approximate surface area is 99.5 Å². The van der Waals surface area contributed by atoms with Gasteiger partial charge in [0.15, 0.2) is 0 Å². The van der Waals surface area contributed by atoms with E-state index in [1.54, 1.807) is 0 Å². The summed E-state index contributed by atoms with van der Waals surface area (Å²) in [6, 6.07) is 6.05. The third kappa shape index (κ3) is 3.88. The zero-order chi connectivity index (χ0) is 12.1. The van der Waals surface area contributed by atoms with Gasteiger partial charge in [0.05, 0.1) is 0 Å². The van der Waals surface area contributed by atoms with Crippen LogP contribution in [0.1, 0.15) is 57.1 Å². The summed E-state index contributed by atoms with van der Waals surface area (Å²) in [6.45, 7) is 8.71. The molecule has 0 aliphatic heterocycles. The fraction of sp³-hybridized carbons (Fsp3) is 0.600. The van der Waals surface area contributed by atoms with Crippen molar-refractivity contribution in [3.05, 3.63) is 29.3 Å². The first kappa shape index (κ1) is 13.1. The van der Waals surface area contributed by atoms with Crippen molar-refractivity contribution >= 4 is 0 Å². The standard InChI is InChI=1S/C15H24O/c1-11(2)6-5-7-12(3)14-9-8-13(4)15(16)10-14/h8-12,16H,5-7H2,1-4H3/t12-/m1/s1. The Balaban J connectivity index is 2.52. The van der Waals surface area contributed by atoms with Crippen LogP contribution in [-0.2, 0) is 0 Å². The van der Waals surface area contributed by atoms with Crippen molar-refractivity contribution in [1.82, 2.24) is 0 Å². The maximum Gasteiger partial charge on any atom is 0.118 e. The molecule has 1 aromatic rings. The van der Waals surface area contributed by atoms with E-state index < -0.39 is 0 Å². The molecule has 90 valence electrons. The van der Waals surface area contributed by atoms with Crippen molar-refractivity contribution in [1.29, 1.82) is 0 Å². The van der Waals surface area contributed by atoms with Crippen LogP contribution >= 0.6 is 0 Å². The van der Waals surface area contributed by atoms with Crippen molar-refractivity contribution in [2.45, 2.75) is 52.9 Å². The number of hydrogen-bond acceptors (Lipinski definition) is 1. The van der Waals surface area contributed by atoms with E-state index >= 15 is 0 Å². The molecule has 0 fully saturated rings. The Morgan fingerprint density at radius 3 is 2.38 bits per heavy atom. The fourth-order valence-corrected chi connectivity index (χ4v) is 1.93. The van der Waals surface area contributed by atoms with Gasteiger partial charge < -0.3 is 5.11 Å². The van der Waals surface area contributed by atoms with Crippen LogP contribution < -0.4 is 0 Å². The summed E-state index contributed by atoms with van der Waals surface area (Å²) in [4.78, 5) is 0. The highest BCUT2D eigenvalue weighted by Crippen LogP contribution is 2.27. The average Bonchev–Trinajstić information content (AvgIpc) is 2.21. The third-order valence-electron chi connectivity index (χ3n) is 3.22. The molecule has 0 aliphatic carbocycles. The molecule has 0 radical (unpaired) electrons. The predicted molar refractivity (Wildman–Crippen MR) is 69.9 cm³/mol. The number of aryl methyl sites for hydroxylation is 1. The monoisotopic (exact) mass is 220 g/mol. The molecule has 0 saturated carbocycles. The molecule has 0 unspecified atom stereocenters.